The number of sulfonamides is 1. The van der Waals surface area contributed by atoms with Gasteiger partial charge in [-0.25, -0.2) is 8.42 Å². The number of piperazine rings is 1. The molecule has 4 rings (SSSR count). The second kappa shape index (κ2) is 8.05. The summed E-state index contributed by atoms with van der Waals surface area (Å²) in [5, 5.41) is 1.99. The third-order valence-electron chi connectivity index (χ3n) is 5.64. The smallest absolute Gasteiger partial charge is 0.261 e. The standard InChI is InChI=1S/C23H27N3O2S/c1-3-25-14-16-26(17-15-25)23-13-12-22(20-6-4-5-7-21(20)23)24-29(27,28)19-10-8-18(2)9-11-19/h4-13,24H,3,14-17H2,1-2H3. The predicted molar refractivity (Wildman–Crippen MR) is 120 cm³/mol. The van der Waals surface area contributed by atoms with Crippen molar-refractivity contribution in [2.24, 2.45) is 0 Å². The van der Waals surface area contributed by atoms with E-state index in [2.05, 4.69) is 27.5 Å². The van der Waals surface area contributed by atoms with E-state index < -0.39 is 10.0 Å². The van der Waals surface area contributed by atoms with Gasteiger partial charge in [0.15, 0.2) is 0 Å². The van der Waals surface area contributed by atoms with Gasteiger partial charge in [-0.1, -0.05) is 48.9 Å². The van der Waals surface area contributed by atoms with Crippen LogP contribution in [-0.2, 0) is 10.0 Å². The van der Waals surface area contributed by atoms with Gasteiger partial charge in [0.2, 0.25) is 0 Å². The van der Waals surface area contributed by atoms with Crippen molar-refractivity contribution < 1.29 is 8.42 Å². The molecule has 152 valence electrons. The SMILES string of the molecule is CCN1CCN(c2ccc(NS(=O)(=O)c3ccc(C)cc3)c3ccccc23)CC1. The Kier molecular flexibility index (Phi) is 5.48. The van der Waals surface area contributed by atoms with Crippen molar-refractivity contribution in [2.75, 3.05) is 42.3 Å². The molecule has 1 fully saturated rings. The Morgan fingerprint density at radius 1 is 0.862 bits per heavy atom. The highest BCUT2D eigenvalue weighted by molar-refractivity contribution is 7.92. The van der Waals surface area contributed by atoms with Gasteiger partial charge < -0.3 is 9.80 Å². The zero-order valence-electron chi connectivity index (χ0n) is 16.9. The molecular weight excluding hydrogens is 382 g/mol. The van der Waals surface area contributed by atoms with E-state index in [4.69, 9.17) is 0 Å². The Balaban J connectivity index is 1.68. The van der Waals surface area contributed by atoms with Crippen LogP contribution in [0, 0.1) is 6.92 Å². The summed E-state index contributed by atoms with van der Waals surface area (Å²) in [5.41, 5.74) is 2.80. The molecule has 6 heteroatoms. The fourth-order valence-corrected chi connectivity index (χ4v) is 4.95. The highest BCUT2D eigenvalue weighted by Crippen LogP contribution is 2.34. The molecule has 3 aromatic rings. The summed E-state index contributed by atoms with van der Waals surface area (Å²) in [6.45, 7) is 9.27. The van der Waals surface area contributed by atoms with E-state index in [1.165, 1.54) is 0 Å². The molecule has 0 saturated carbocycles. The molecule has 0 amide bonds. The maximum absolute atomic E-state index is 12.9. The van der Waals surface area contributed by atoms with Gasteiger partial charge in [-0.15, -0.1) is 0 Å². The van der Waals surface area contributed by atoms with Crippen LogP contribution in [0.2, 0.25) is 0 Å². The van der Waals surface area contributed by atoms with Crippen molar-refractivity contribution in [1.29, 1.82) is 0 Å². The van der Waals surface area contributed by atoms with Gasteiger partial charge in [-0.3, -0.25) is 4.72 Å². The lowest BCUT2D eigenvalue weighted by Gasteiger charge is -2.36. The first-order valence-electron chi connectivity index (χ1n) is 10.1. The third-order valence-corrected chi connectivity index (χ3v) is 7.02. The van der Waals surface area contributed by atoms with E-state index in [-0.39, 0.29) is 4.90 Å². The minimum absolute atomic E-state index is 0.270. The summed E-state index contributed by atoms with van der Waals surface area (Å²) >= 11 is 0. The third kappa shape index (κ3) is 4.09. The number of hydrogen-bond acceptors (Lipinski definition) is 4. The van der Waals surface area contributed by atoms with Crippen molar-refractivity contribution in [3.8, 4) is 0 Å². The molecule has 0 aromatic heterocycles. The van der Waals surface area contributed by atoms with Crippen molar-refractivity contribution in [3.05, 3.63) is 66.2 Å². The predicted octanol–water partition coefficient (Wildman–Crippen LogP) is 4.09. The lowest BCUT2D eigenvalue weighted by molar-refractivity contribution is 0.271. The number of hydrogen-bond donors (Lipinski definition) is 1. The largest absolute Gasteiger partial charge is 0.368 e. The van der Waals surface area contributed by atoms with Crippen molar-refractivity contribution in [2.45, 2.75) is 18.7 Å². The lowest BCUT2D eigenvalue weighted by atomic mass is 10.1. The molecule has 0 bridgehead atoms. The molecule has 0 aliphatic carbocycles. The van der Waals surface area contributed by atoms with Crippen LogP contribution in [-0.4, -0.2) is 46.0 Å². The van der Waals surface area contributed by atoms with E-state index in [0.29, 0.717) is 5.69 Å². The van der Waals surface area contributed by atoms with Gasteiger partial charge in [-0.2, -0.15) is 0 Å². The van der Waals surface area contributed by atoms with Gasteiger partial charge in [0, 0.05) is 42.6 Å². The summed E-state index contributed by atoms with van der Waals surface area (Å²) in [5.74, 6) is 0. The lowest BCUT2D eigenvalue weighted by Crippen LogP contribution is -2.46. The number of anilines is 2. The molecular formula is C23H27N3O2S. The molecule has 1 saturated heterocycles. The fraction of sp³-hybridized carbons (Fsp3) is 0.304. The van der Waals surface area contributed by atoms with Gasteiger partial charge in [-0.05, 0) is 37.7 Å². The van der Waals surface area contributed by atoms with Crippen LogP contribution in [0.3, 0.4) is 0 Å². The average Bonchev–Trinajstić information content (AvgIpc) is 2.74. The average molecular weight is 410 g/mol. The summed E-state index contributed by atoms with van der Waals surface area (Å²) in [4.78, 5) is 5.11. The molecule has 0 atom stereocenters. The van der Waals surface area contributed by atoms with Crippen LogP contribution < -0.4 is 9.62 Å². The summed E-state index contributed by atoms with van der Waals surface area (Å²) in [7, 11) is -3.64. The van der Waals surface area contributed by atoms with Crippen LogP contribution in [0.4, 0.5) is 11.4 Å². The Morgan fingerprint density at radius 2 is 1.52 bits per heavy atom. The van der Waals surface area contributed by atoms with Crippen molar-refractivity contribution in [3.63, 3.8) is 0 Å². The van der Waals surface area contributed by atoms with Crippen LogP contribution in [0.15, 0.2) is 65.6 Å². The second-order valence-corrected chi connectivity index (χ2v) is 9.20. The molecule has 1 N–H and O–H groups in total. The zero-order chi connectivity index (χ0) is 20.4. The van der Waals surface area contributed by atoms with Crippen LogP contribution in [0.25, 0.3) is 10.8 Å². The van der Waals surface area contributed by atoms with Crippen molar-refractivity contribution >= 4 is 32.2 Å². The minimum atomic E-state index is -3.64. The fourth-order valence-electron chi connectivity index (χ4n) is 3.87. The van der Waals surface area contributed by atoms with E-state index >= 15 is 0 Å². The molecule has 0 radical (unpaired) electrons. The second-order valence-electron chi connectivity index (χ2n) is 7.52. The Hall–Kier alpha value is -2.57. The molecule has 0 spiro atoms. The van der Waals surface area contributed by atoms with Gasteiger partial charge in [0.1, 0.15) is 0 Å². The van der Waals surface area contributed by atoms with Crippen LogP contribution in [0.5, 0.6) is 0 Å². The molecule has 5 nitrogen and oxygen atoms in total. The zero-order valence-corrected chi connectivity index (χ0v) is 17.7. The maximum atomic E-state index is 12.9. The van der Waals surface area contributed by atoms with Crippen molar-refractivity contribution in [1.82, 2.24) is 4.90 Å². The summed E-state index contributed by atoms with van der Waals surface area (Å²) in [6, 6.07) is 18.8. The first kappa shape index (κ1) is 19.7. The number of likely N-dealkylation sites (N-methyl/N-ethyl adjacent to an activating group) is 1. The highest BCUT2D eigenvalue weighted by Gasteiger charge is 2.20. The van der Waals surface area contributed by atoms with E-state index in [1.54, 1.807) is 12.1 Å². The number of nitrogens with one attached hydrogen (secondary N) is 1. The topological polar surface area (TPSA) is 52.6 Å². The first-order valence-corrected chi connectivity index (χ1v) is 11.5. The monoisotopic (exact) mass is 409 g/mol. The Morgan fingerprint density at radius 3 is 2.17 bits per heavy atom. The van der Waals surface area contributed by atoms with E-state index in [0.717, 1.165) is 54.7 Å². The van der Waals surface area contributed by atoms with Crippen LogP contribution in [0.1, 0.15) is 12.5 Å². The Labute approximate surface area is 173 Å². The van der Waals surface area contributed by atoms with Crippen LogP contribution >= 0.6 is 0 Å². The first-order chi connectivity index (χ1) is 14.0. The van der Waals surface area contributed by atoms with Gasteiger partial charge in [0.25, 0.3) is 10.0 Å². The van der Waals surface area contributed by atoms with Gasteiger partial charge in [0.05, 0.1) is 10.6 Å². The molecule has 0 unspecified atom stereocenters. The number of nitrogens with zero attached hydrogens (tertiary/aromatic N) is 2. The molecule has 1 aliphatic heterocycles. The molecule has 3 aromatic carbocycles. The van der Waals surface area contributed by atoms with E-state index in [9.17, 15) is 8.42 Å². The number of aryl methyl sites for hydroxylation is 1. The summed E-state index contributed by atoms with van der Waals surface area (Å²) in [6.07, 6.45) is 0. The van der Waals surface area contributed by atoms with E-state index in [1.807, 2.05) is 49.4 Å². The van der Waals surface area contributed by atoms with Gasteiger partial charge >= 0.3 is 0 Å². The molecule has 1 heterocycles. The normalized spacial score (nSPS) is 15.6. The summed E-state index contributed by atoms with van der Waals surface area (Å²) < 4.78 is 28.6. The maximum Gasteiger partial charge on any atom is 0.261 e. The minimum Gasteiger partial charge on any atom is -0.368 e. The molecule has 29 heavy (non-hydrogen) atoms. The number of rotatable bonds is 5. The highest BCUT2D eigenvalue weighted by atomic mass is 32.2. The Bertz CT molecular complexity index is 1100. The quantitative estimate of drug-likeness (QED) is 0.690. The number of benzene rings is 3. The molecule has 1 aliphatic rings. The number of fused-ring (bicyclic) bond motifs is 1.